The first-order valence-corrected chi connectivity index (χ1v) is 10.1. The Bertz CT molecular complexity index is 1190. The zero-order chi connectivity index (χ0) is 22.7. The van der Waals surface area contributed by atoms with Crippen molar-refractivity contribution >= 4 is 35.2 Å². The second-order valence-corrected chi connectivity index (χ2v) is 7.33. The van der Waals surface area contributed by atoms with E-state index in [1.54, 1.807) is 12.1 Å². The average Bonchev–Trinajstić information content (AvgIpc) is 3.36. The standard InChI is InChI=1S/C22H22F2N6O2/c1-26-32-17(21(23)24)6-3-7-18(31)29-13-8-10-14(11-9-13)30-16-5-2-4-15(16)19-20(30)22(25)28-12-27-19/h6,8-12,21H,1-5,7H2,(H,29,31)(H2,25,27,28)/b17-6-. The van der Waals surface area contributed by atoms with Gasteiger partial charge in [-0.1, -0.05) is 5.16 Å². The minimum Gasteiger partial charge on any atom is -0.382 e. The number of rotatable bonds is 8. The number of amides is 1. The summed E-state index contributed by atoms with van der Waals surface area (Å²) < 4.78 is 27.5. The van der Waals surface area contributed by atoms with Gasteiger partial charge in [-0.15, -0.1) is 0 Å². The molecular formula is C22H22F2N6O2. The summed E-state index contributed by atoms with van der Waals surface area (Å²) in [5.41, 5.74) is 11.7. The molecule has 1 aliphatic carbocycles. The zero-order valence-electron chi connectivity index (χ0n) is 17.2. The number of nitrogens with two attached hydrogens (primary N) is 1. The van der Waals surface area contributed by atoms with Crippen molar-refractivity contribution in [3.63, 3.8) is 0 Å². The molecule has 8 nitrogen and oxygen atoms in total. The van der Waals surface area contributed by atoms with Crippen molar-refractivity contribution < 1.29 is 18.4 Å². The lowest BCUT2D eigenvalue weighted by Gasteiger charge is -2.12. The van der Waals surface area contributed by atoms with Gasteiger partial charge in [0.15, 0.2) is 11.6 Å². The summed E-state index contributed by atoms with van der Waals surface area (Å²) in [6.45, 7) is 3.01. The Morgan fingerprint density at radius 2 is 2.09 bits per heavy atom. The molecule has 0 saturated carbocycles. The van der Waals surface area contributed by atoms with E-state index >= 15 is 0 Å². The molecule has 10 heteroatoms. The number of nitrogens with one attached hydrogen (secondary N) is 1. The molecule has 2 aromatic heterocycles. The largest absolute Gasteiger partial charge is 0.382 e. The van der Waals surface area contributed by atoms with Crippen LogP contribution in [0.1, 0.15) is 30.5 Å². The minimum absolute atomic E-state index is 0.0160. The lowest BCUT2D eigenvalue weighted by atomic mass is 10.2. The molecule has 4 rings (SSSR count). The van der Waals surface area contributed by atoms with Gasteiger partial charge in [-0.25, -0.2) is 18.7 Å². The zero-order valence-corrected chi connectivity index (χ0v) is 17.2. The third kappa shape index (κ3) is 4.16. The molecule has 0 aliphatic heterocycles. The highest BCUT2D eigenvalue weighted by molar-refractivity contribution is 5.92. The van der Waals surface area contributed by atoms with Crippen LogP contribution in [-0.2, 0) is 22.5 Å². The predicted molar refractivity (Wildman–Crippen MR) is 118 cm³/mol. The number of carbonyl (C=O) groups excluding carboxylic acids is 1. The van der Waals surface area contributed by atoms with Crippen LogP contribution in [0.3, 0.4) is 0 Å². The predicted octanol–water partition coefficient (Wildman–Crippen LogP) is 3.99. The van der Waals surface area contributed by atoms with Gasteiger partial charge < -0.3 is 20.5 Å². The molecule has 1 aliphatic rings. The van der Waals surface area contributed by atoms with Crippen LogP contribution in [0.25, 0.3) is 16.7 Å². The Morgan fingerprint density at radius 1 is 1.31 bits per heavy atom. The fraction of sp³-hybridized carbons (Fsp3) is 0.273. The van der Waals surface area contributed by atoms with E-state index in [0.29, 0.717) is 11.5 Å². The number of allylic oxidation sites excluding steroid dienone is 2. The van der Waals surface area contributed by atoms with Crippen LogP contribution < -0.4 is 11.1 Å². The van der Waals surface area contributed by atoms with Crippen LogP contribution in [0.2, 0.25) is 0 Å². The van der Waals surface area contributed by atoms with Gasteiger partial charge in [-0.05, 0) is 61.6 Å². The van der Waals surface area contributed by atoms with Gasteiger partial charge in [0.25, 0.3) is 6.43 Å². The van der Waals surface area contributed by atoms with Crippen LogP contribution in [0.5, 0.6) is 0 Å². The SMILES string of the molecule is C=NO/C(=C\CCC(=O)Nc1ccc(-n2c3c(c4ncnc(N)c42)CCC3)cc1)C(F)F. The maximum atomic E-state index is 12.7. The first-order valence-electron chi connectivity index (χ1n) is 10.1. The maximum Gasteiger partial charge on any atom is 0.297 e. The molecule has 3 N–H and O–H groups in total. The number of oxime groups is 1. The Hall–Kier alpha value is -3.82. The molecule has 166 valence electrons. The van der Waals surface area contributed by atoms with E-state index in [2.05, 4.69) is 36.6 Å². The Morgan fingerprint density at radius 3 is 2.81 bits per heavy atom. The minimum atomic E-state index is -2.82. The summed E-state index contributed by atoms with van der Waals surface area (Å²) in [6.07, 6.45) is 2.85. The Kier molecular flexibility index (Phi) is 6.11. The fourth-order valence-corrected chi connectivity index (χ4v) is 3.99. The number of nitrogens with zero attached hydrogens (tertiary/aromatic N) is 4. The highest BCUT2D eigenvalue weighted by Gasteiger charge is 2.25. The lowest BCUT2D eigenvalue weighted by molar-refractivity contribution is -0.116. The number of benzene rings is 1. The first-order chi connectivity index (χ1) is 15.5. The summed E-state index contributed by atoms with van der Waals surface area (Å²) in [5.74, 6) is -0.500. The number of carbonyl (C=O) groups is 1. The van der Waals surface area contributed by atoms with Crippen molar-refractivity contribution in [2.24, 2.45) is 5.16 Å². The van der Waals surface area contributed by atoms with Gasteiger partial charge in [0.1, 0.15) is 11.8 Å². The highest BCUT2D eigenvalue weighted by atomic mass is 19.3. The molecule has 0 saturated heterocycles. The number of hydrogen-bond donors (Lipinski definition) is 2. The molecule has 0 fully saturated rings. The number of fused-ring (bicyclic) bond motifs is 3. The molecule has 3 aromatic rings. The van der Waals surface area contributed by atoms with Gasteiger partial charge in [0, 0.05) is 30.2 Å². The maximum absolute atomic E-state index is 12.7. The number of nitrogen functional groups attached to an aromatic ring is 1. The molecule has 0 radical (unpaired) electrons. The van der Waals surface area contributed by atoms with Gasteiger partial charge in [-0.3, -0.25) is 4.79 Å². The van der Waals surface area contributed by atoms with Crippen molar-refractivity contribution in [1.82, 2.24) is 14.5 Å². The molecule has 0 bridgehead atoms. The van der Waals surface area contributed by atoms with E-state index in [9.17, 15) is 13.6 Å². The summed E-state index contributed by atoms with van der Waals surface area (Å²) in [7, 11) is 0. The van der Waals surface area contributed by atoms with Crippen LogP contribution in [0.4, 0.5) is 20.3 Å². The van der Waals surface area contributed by atoms with Crippen molar-refractivity contribution in [3.8, 4) is 5.69 Å². The third-order valence-electron chi connectivity index (χ3n) is 5.33. The Labute approximate surface area is 182 Å². The summed E-state index contributed by atoms with van der Waals surface area (Å²) >= 11 is 0. The van der Waals surface area contributed by atoms with Gasteiger partial charge in [-0.2, -0.15) is 0 Å². The number of anilines is 2. The number of aryl methyl sites for hydroxylation is 1. The van der Waals surface area contributed by atoms with E-state index in [4.69, 9.17) is 5.73 Å². The molecule has 32 heavy (non-hydrogen) atoms. The van der Waals surface area contributed by atoms with Crippen LogP contribution in [-0.4, -0.2) is 33.6 Å². The smallest absolute Gasteiger partial charge is 0.297 e. The van der Waals surface area contributed by atoms with Crippen molar-refractivity contribution in [2.45, 2.75) is 38.5 Å². The van der Waals surface area contributed by atoms with Gasteiger partial charge in [0.2, 0.25) is 5.91 Å². The number of hydrogen-bond acceptors (Lipinski definition) is 6. The second-order valence-electron chi connectivity index (χ2n) is 7.33. The van der Waals surface area contributed by atoms with Crippen molar-refractivity contribution in [1.29, 1.82) is 0 Å². The van der Waals surface area contributed by atoms with E-state index in [0.717, 1.165) is 42.1 Å². The number of aromatic nitrogens is 3. The Balaban J connectivity index is 1.49. The fourth-order valence-electron chi connectivity index (χ4n) is 3.99. The quantitative estimate of drug-likeness (QED) is 0.313. The molecule has 0 spiro atoms. The molecule has 1 amide bonds. The summed E-state index contributed by atoms with van der Waals surface area (Å²) in [5, 5.41) is 5.74. The lowest BCUT2D eigenvalue weighted by Crippen LogP contribution is -2.11. The normalized spacial score (nSPS) is 13.4. The van der Waals surface area contributed by atoms with E-state index < -0.39 is 12.2 Å². The van der Waals surface area contributed by atoms with Crippen LogP contribution >= 0.6 is 0 Å². The van der Waals surface area contributed by atoms with Crippen LogP contribution in [0, 0.1) is 0 Å². The van der Waals surface area contributed by atoms with E-state index in [1.165, 1.54) is 17.6 Å². The molecule has 0 atom stereocenters. The molecule has 2 heterocycles. The topological polar surface area (TPSA) is 107 Å². The van der Waals surface area contributed by atoms with Crippen LogP contribution in [0.15, 0.2) is 47.6 Å². The highest BCUT2D eigenvalue weighted by Crippen LogP contribution is 2.36. The third-order valence-corrected chi connectivity index (χ3v) is 5.33. The van der Waals surface area contributed by atoms with Crippen molar-refractivity contribution in [2.75, 3.05) is 11.1 Å². The summed E-state index contributed by atoms with van der Waals surface area (Å²) in [4.78, 5) is 25.1. The molecule has 0 unspecified atom stereocenters. The molecular weight excluding hydrogens is 418 g/mol. The monoisotopic (exact) mass is 440 g/mol. The average molecular weight is 440 g/mol. The van der Waals surface area contributed by atoms with E-state index in [1.807, 2.05) is 12.1 Å². The van der Waals surface area contributed by atoms with Gasteiger partial charge in [0.05, 0.1) is 5.52 Å². The van der Waals surface area contributed by atoms with Gasteiger partial charge >= 0.3 is 0 Å². The van der Waals surface area contributed by atoms with Crippen molar-refractivity contribution in [3.05, 3.63) is 53.7 Å². The number of halogens is 2. The number of alkyl halides is 2. The second kappa shape index (κ2) is 9.13. The molecule has 1 aromatic carbocycles. The summed E-state index contributed by atoms with van der Waals surface area (Å²) in [6, 6.07) is 7.34. The first kappa shape index (κ1) is 21.4. The van der Waals surface area contributed by atoms with E-state index in [-0.39, 0.29) is 18.7 Å².